The van der Waals surface area contributed by atoms with Gasteiger partial charge in [0.15, 0.2) is 0 Å². The van der Waals surface area contributed by atoms with Crippen molar-refractivity contribution in [2.45, 2.75) is 32.7 Å². The lowest BCUT2D eigenvalue weighted by Crippen LogP contribution is -2.22. The van der Waals surface area contributed by atoms with Gasteiger partial charge in [-0.3, -0.25) is 4.90 Å². The highest BCUT2D eigenvalue weighted by molar-refractivity contribution is 7.16. The van der Waals surface area contributed by atoms with Gasteiger partial charge in [0.05, 0.1) is 11.9 Å². The lowest BCUT2D eigenvalue weighted by atomic mass is 10.0. The van der Waals surface area contributed by atoms with E-state index in [9.17, 15) is 0 Å². The molecule has 1 N–H and O–H groups in total. The highest BCUT2D eigenvalue weighted by Gasteiger charge is 2.36. The van der Waals surface area contributed by atoms with Gasteiger partial charge in [-0.1, -0.05) is 6.42 Å². The Balaban J connectivity index is 1.56. The fourth-order valence-corrected chi connectivity index (χ4v) is 4.72. The number of rotatable bonds is 4. The van der Waals surface area contributed by atoms with Crippen LogP contribution >= 0.6 is 11.3 Å². The minimum Gasteiger partial charge on any atom is -0.370 e. The van der Waals surface area contributed by atoms with Gasteiger partial charge >= 0.3 is 0 Å². The lowest BCUT2D eigenvalue weighted by Gasteiger charge is -2.16. The van der Waals surface area contributed by atoms with Crippen LogP contribution in [0.1, 0.15) is 32.0 Å². The van der Waals surface area contributed by atoms with Gasteiger partial charge in [-0.25, -0.2) is 9.97 Å². The van der Waals surface area contributed by atoms with Crippen molar-refractivity contribution in [1.29, 1.82) is 0 Å². The van der Waals surface area contributed by atoms with E-state index in [2.05, 4.69) is 28.6 Å². The SMILES string of the molecule is CCNc1nc(CN2CC3CCCC3C2)nc2sccc12. The van der Waals surface area contributed by atoms with Crippen molar-refractivity contribution in [2.75, 3.05) is 25.0 Å². The normalized spacial score (nSPS) is 25.6. The number of fused-ring (bicyclic) bond motifs is 2. The topological polar surface area (TPSA) is 41.1 Å². The first kappa shape index (κ1) is 13.5. The summed E-state index contributed by atoms with van der Waals surface area (Å²) in [4.78, 5) is 13.2. The summed E-state index contributed by atoms with van der Waals surface area (Å²) in [5.74, 6) is 3.84. The molecule has 4 rings (SSSR count). The number of likely N-dealkylation sites (tertiary alicyclic amines) is 1. The first-order valence-corrected chi connectivity index (χ1v) is 8.92. The van der Waals surface area contributed by atoms with Crippen LogP contribution in [-0.2, 0) is 6.54 Å². The van der Waals surface area contributed by atoms with Gasteiger partial charge in [-0.15, -0.1) is 11.3 Å². The van der Waals surface area contributed by atoms with E-state index in [1.807, 2.05) is 0 Å². The van der Waals surface area contributed by atoms with E-state index < -0.39 is 0 Å². The van der Waals surface area contributed by atoms with Gasteiger partial charge < -0.3 is 5.32 Å². The first-order chi connectivity index (χ1) is 10.3. The Hall–Kier alpha value is -1.20. The maximum absolute atomic E-state index is 4.76. The van der Waals surface area contributed by atoms with Crippen LogP contribution < -0.4 is 5.32 Å². The standard InChI is InChI=1S/C16H22N4S/c1-2-17-15-13-6-7-21-16(13)19-14(18-15)10-20-8-11-4-3-5-12(11)9-20/h6-7,11-12H,2-5,8-10H2,1H3,(H,17,18,19). The van der Waals surface area contributed by atoms with Crippen LogP contribution in [-0.4, -0.2) is 34.5 Å². The quantitative estimate of drug-likeness (QED) is 0.940. The van der Waals surface area contributed by atoms with Crippen LogP contribution in [0.5, 0.6) is 0 Å². The Morgan fingerprint density at radius 2 is 2.10 bits per heavy atom. The second-order valence-electron chi connectivity index (χ2n) is 6.30. The van der Waals surface area contributed by atoms with Crippen LogP contribution in [0.3, 0.4) is 0 Å². The molecule has 112 valence electrons. The molecule has 0 radical (unpaired) electrons. The molecule has 2 aromatic rings. The molecule has 2 aliphatic rings. The number of hydrogen-bond donors (Lipinski definition) is 1. The molecule has 0 bridgehead atoms. The van der Waals surface area contributed by atoms with E-state index in [1.54, 1.807) is 11.3 Å². The highest BCUT2D eigenvalue weighted by atomic mass is 32.1. The van der Waals surface area contributed by atoms with Crippen LogP contribution in [0.25, 0.3) is 10.2 Å². The number of thiophene rings is 1. The first-order valence-electron chi connectivity index (χ1n) is 8.04. The van der Waals surface area contributed by atoms with E-state index in [4.69, 9.17) is 9.97 Å². The van der Waals surface area contributed by atoms with E-state index in [0.29, 0.717) is 0 Å². The maximum Gasteiger partial charge on any atom is 0.146 e. The van der Waals surface area contributed by atoms with Crippen LogP contribution in [0.2, 0.25) is 0 Å². The molecule has 1 saturated carbocycles. The molecule has 3 heterocycles. The summed E-state index contributed by atoms with van der Waals surface area (Å²) in [7, 11) is 0. The number of hydrogen-bond acceptors (Lipinski definition) is 5. The molecular weight excluding hydrogens is 280 g/mol. The zero-order valence-corrected chi connectivity index (χ0v) is 13.3. The third kappa shape index (κ3) is 2.53. The third-order valence-corrected chi connectivity index (χ3v) is 5.69. The van der Waals surface area contributed by atoms with Crippen molar-refractivity contribution in [2.24, 2.45) is 11.8 Å². The summed E-state index contributed by atoms with van der Waals surface area (Å²) in [5, 5.41) is 6.64. The maximum atomic E-state index is 4.76. The Labute approximate surface area is 129 Å². The molecule has 1 saturated heterocycles. The molecule has 0 amide bonds. The molecule has 1 aliphatic heterocycles. The average Bonchev–Trinajstić information content (AvgIpc) is 3.13. The summed E-state index contributed by atoms with van der Waals surface area (Å²) in [6.07, 6.45) is 4.29. The summed E-state index contributed by atoms with van der Waals surface area (Å²) >= 11 is 1.71. The molecular formula is C16H22N4S. The van der Waals surface area contributed by atoms with Gasteiger partial charge in [0, 0.05) is 19.6 Å². The highest BCUT2D eigenvalue weighted by Crippen LogP contribution is 2.38. The van der Waals surface area contributed by atoms with Gasteiger partial charge in [-0.2, -0.15) is 0 Å². The van der Waals surface area contributed by atoms with Crippen LogP contribution in [0, 0.1) is 11.8 Å². The van der Waals surface area contributed by atoms with Gasteiger partial charge in [-0.05, 0) is 43.0 Å². The van der Waals surface area contributed by atoms with E-state index in [0.717, 1.165) is 46.8 Å². The van der Waals surface area contributed by atoms with E-state index in [-0.39, 0.29) is 0 Å². The van der Waals surface area contributed by atoms with Crippen LogP contribution in [0.15, 0.2) is 11.4 Å². The number of anilines is 1. The van der Waals surface area contributed by atoms with Crippen molar-refractivity contribution >= 4 is 27.4 Å². The number of nitrogens with one attached hydrogen (secondary N) is 1. The monoisotopic (exact) mass is 302 g/mol. The smallest absolute Gasteiger partial charge is 0.146 e. The summed E-state index contributed by atoms with van der Waals surface area (Å²) < 4.78 is 0. The zero-order valence-electron chi connectivity index (χ0n) is 12.5. The van der Waals surface area contributed by atoms with Crippen molar-refractivity contribution in [3.05, 3.63) is 17.3 Å². The Morgan fingerprint density at radius 1 is 1.29 bits per heavy atom. The second-order valence-corrected chi connectivity index (χ2v) is 7.20. The van der Waals surface area contributed by atoms with Crippen molar-refractivity contribution in [3.63, 3.8) is 0 Å². The molecule has 4 nitrogen and oxygen atoms in total. The molecule has 0 spiro atoms. The minimum absolute atomic E-state index is 0.898. The summed E-state index contributed by atoms with van der Waals surface area (Å²) in [6.45, 7) is 6.40. The van der Waals surface area contributed by atoms with E-state index in [1.165, 1.54) is 32.4 Å². The van der Waals surface area contributed by atoms with Crippen molar-refractivity contribution in [1.82, 2.24) is 14.9 Å². The minimum atomic E-state index is 0.898. The van der Waals surface area contributed by atoms with E-state index >= 15 is 0 Å². The fourth-order valence-electron chi connectivity index (χ4n) is 3.93. The van der Waals surface area contributed by atoms with Crippen LogP contribution in [0.4, 0.5) is 5.82 Å². The van der Waals surface area contributed by atoms with Crippen molar-refractivity contribution in [3.8, 4) is 0 Å². The largest absolute Gasteiger partial charge is 0.370 e. The van der Waals surface area contributed by atoms with Crippen molar-refractivity contribution < 1.29 is 0 Å². The molecule has 5 heteroatoms. The predicted molar refractivity (Wildman–Crippen MR) is 87.7 cm³/mol. The predicted octanol–water partition coefficient (Wildman–Crippen LogP) is 3.36. The second kappa shape index (κ2) is 5.54. The Bertz CT molecular complexity index is 626. The molecule has 0 aromatic carbocycles. The summed E-state index contributed by atoms with van der Waals surface area (Å²) in [5.41, 5.74) is 0. The molecule has 21 heavy (non-hydrogen) atoms. The molecule has 2 unspecified atom stereocenters. The molecule has 2 fully saturated rings. The average molecular weight is 302 g/mol. The molecule has 1 aliphatic carbocycles. The third-order valence-electron chi connectivity index (χ3n) is 4.88. The zero-order chi connectivity index (χ0) is 14.2. The van der Waals surface area contributed by atoms with Gasteiger partial charge in [0.25, 0.3) is 0 Å². The molecule has 2 aromatic heterocycles. The fraction of sp³-hybridized carbons (Fsp3) is 0.625. The number of aromatic nitrogens is 2. The Morgan fingerprint density at radius 3 is 2.86 bits per heavy atom. The molecule has 2 atom stereocenters. The van der Waals surface area contributed by atoms with Gasteiger partial charge in [0.2, 0.25) is 0 Å². The lowest BCUT2D eigenvalue weighted by molar-refractivity contribution is 0.296. The van der Waals surface area contributed by atoms with Gasteiger partial charge in [0.1, 0.15) is 16.5 Å². The Kier molecular flexibility index (Phi) is 3.55. The summed E-state index contributed by atoms with van der Waals surface area (Å²) in [6, 6.07) is 2.11. The number of nitrogens with zero attached hydrogens (tertiary/aromatic N) is 3.